The fourth-order valence-electron chi connectivity index (χ4n) is 3.70. The van der Waals surface area contributed by atoms with E-state index in [0.29, 0.717) is 37.1 Å². The molecular formula is C26H28FNO4S. The van der Waals surface area contributed by atoms with Crippen molar-refractivity contribution in [2.45, 2.75) is 44.4 Å². The number of nitrogens with zero attached hydrogens (tertiary/aromatic N) is 1. The summed E-state index contributed by atoms with van der Waals surface area (Å²) in [6, 6.07) is 17.8. The van der Waals surface area contributed by atoms with E-state index in [-0.39, 0.29) is 10.5 Å². The molecule has 0 heterocycles. The molecule has 0 unspecified atom stereocenters. The van der Waals surface area contributed by atoms with Crippen LogP contribution < -0.4 is 4.31 Å². The number of para-hydroxylation sites is 1. The standard InChI is InChI=1S/C26H28FNO4S/c1-3-4-17-28(33(31,32)25-18-23(27)16-9-19(25)2)24-8-6-5-7-21(24)13-10-20-11-14-22(15-12-20)26(29)30/h5-9,11-12,14-16,18H,3-4,10,13,17H2,1-2H3,(H,29,30). The van der Waals surface area contributed by atoms with Gasteiger partial charge in [0.1, 0.15) is 5.82 Å². The maximum absolute atomic E-state index is 13.9. The van der Waals surface area contributed by atoms with Gasteiger partial charge in [-0.25, -0.2) is 17.6 Å². The third-order valence-electron chi connectivity index (χ3n) is 5.58. The highest BCUT2D eigenvalue weighted by molar-refractivity contribution is 7.92. The highest BCUT2D eigenvalue weighted by Gasteiger charge is 2.28. The SMILES string of the molecule is CCCCN(c1ccccc1CCc1ccc(C(=O)O)cc1)S(=O)(=O)c1cc(F)ccc1C. The van der Waals surface area contributed by atoms with Gasteiger partial charge in [0.25, 0.3) is 10.0 Å². The number of rotatable bonds is 10. The van der Waals surface area contributed by atoms with Crippen molar-refractivity contribution in [2.75, 3.05) is 10.8 Å². The first-order valence-corrected chi connectivity index (χ1v) is 12.4. The molecule has 33 heavy (non-hydrogen) atoms. The number of hydrogen-bond donors (Lipinski definition) is 1. The first kappa shape index (κ1) is 24.5. The number of carbonyl (C=O) groups is 1. The van der Waals surface area contributed by atoms with Crippen LogP contribution in [0.1, 0.15) is 46.8 Å². The van der Waals surface area contributed by atoms with Crippen molar-refractivity contribution < 1.29 is 22.7 Å². The molecule has 0 atom stereocenters. The Morgan fingerprint density at radius 3 is 2.36 bits per heavy atom. The molecule has 0 aliphatic heterocycles. The Morgan fingerprint density at radius 2 is 1.70 bits per heavy atom. The van der Waals surface area contributed by atoms with Crippen molar-refractivity contribution in [3.8, 4) is 0 Å². The monoisotopic (exact) mass is 469 g/mol. The van der Waals surface area contributed by atoms with Gasteiger partial charge in [0.15, 0.2) is 0 Å². The van der Waals surface area contributed by atoms with E-state index < -0.39 is 21.8 Å². The summed E-state index contributed by atoms with van der Waals surface area (Å²) < 4.78 is 42.6. The third kappa shape index (κ3) is 5.79. The highest BCUT2D eigenvalue weighted by atomic mass is 32.2. The van der Waals surface area contributed by atoms with Crippen molar-refractivity contribution in [1.82, 2.24) is 0 Å². The number of aryl methyl sites for hydroxylation is 3. The second-order valence-corrected chi connectivity index (χ2v) is 9.80. The summed E-state index contributed by atoms with van der Waals surface area (Å²) >= 11 is 0. The number of carboxylic acids is 1. The predicted octanol–water partition coefficient (Wildman–Crippen LogP) is 5.61. The van der Waals surface area contributed by atoms with Crippen molar-refractivity contribution in [2.24, 2.45) is 0 Å². The molecule has 0 aromatic heterocycles. The van der Waals surface area contributed by atoms with Gasteiger partial charge in [-0.1, -0.05) is 49.7 Å². The Hall–Kier alpha value is -3.19. The van der Waals surface area contributed by atoms with Crippen LogP contribution in [0.15, 0.2) is 71.6 Å². The zero-order chi connectivity index (χ0) is 24.0. The lowest BCUT2D eigenvalue weighted by molar-refractivity contribution is 0.0697. The van der Waals surface area contributed by atoms with Crippen LogP contribution in [0.25, 0.3) is 0 Å². The van der Waals surface area contributed by atoms with Gasteiger partial charge in [-0.05, 0) is 73.2 Å². The van der Waals surface area contributed by atoms with Crippen molar-refractivity contribution in [3.05, 3.63) is 94.8 Å². The van der Waals surface area contributed by atoms with Crippen LogP contribution in [-0.4, -0.2) is 26.0 Å². The van der Waals surface area contributed by atoms with Crippen LogP contribution in [0.4, 0.5) is 10.1 Å². The molecule has 0 amide bonds. The average Bonchev–Trinajstić information content (AvgIpc) is 2.80. The van der Waals surface area contributed by atoms with E-state index in [1.807, 2.05) is 19.1 Å². The van der Waals surface area contributed by atoms with Crippen LogP contribution in [0.2, 0.25) is 0 Å². The summed E-state index contributed by atoms with van der Waals surface area (Å²) in [5, 5.41) is 9.07. The number of hydrogen-bond acceptors (Lipinski definition) is 3. The Morgan fingerprint density at radius 1 is 1.00 bits per heavy atom. The minimum absolute atomic E-state index is 0.0299. The van der Waals surface area contributed by atoms with Gasteiger partial charge in [0.05, 0.1) is 16.1 Å². The Balaban J connectivity index is 1.95. The summed E-state index contributed by atoms with van der Waals surface area (Å²) in [6.07, 6.45) is 2.67. The number of anilines is 1. The molecule has 3 aromatic carbocycles. The van der Waals surface area contributed by atoms with Gasteiger partial charge in [0.2, 0.25) is 0 Å². The van der Waals surface area contributed by atoms with Crippen molar-refractivity contribution in [3.63, 3.8) is 0 Å². The molecule has 0 spiro atoms. The summed E-state index contributed by atoms with van der Waals surface area (Å²) in [5.41, 5.74) is 3.11. The van der Waals surface area contributed by atoms with Gasteiger partial charge in [-0.2, -0.15) is 0 Å². The van der Waals surface area contributed by atoms with E-state index in [2.05, 4.69) is 0 Å². The molecule has 0 aliphatic rings. The van der Waals surface area contributed by atoms with E-state index in [1.54, 1.807) is 43.3 Å². The number of sulfonamides is 1. The quantitative estimate of drug-likeness (QED) is 0.419. The fourth-order valence-corrected chi connectivity index (χ4v) is 5.48. The predicted molar refractivity (Wildman–Crippen MR) is 128 cm³/mol. The molecule has 174 valence electrons. The Bertz CT molecular complexity index is 1220. The molecule has 0 saturated carbocycles. The van der Waals surface area contributed by atoms with Crippen molar-refractivity contribution >= 4 is 21.7 Å². The second kappa shape index (κ2) is 10.6. The van der Waals surface area contributed by atoms with Gasteiger partial charge in [-0.3, -0.25) is 4.31 Å². The van der Waals surface area contributed by atoms with Gasteiger partial charge >= 0.3 is 5.97 Å². The third-order valence-corrected chi connectivity index (χ3v) is 7.53. The zero-order valence-corrected chi connectivity index (χ0v) is 19.6. The minimum Gasteiger partial charge on any atom is -0.478 e. The van der Waals surface area contributed by atoms with Gasteiger partial charge < -0.3 is 5.11 Å². The topological polar surface area (TPSA) is 74.7 Å². The van der Waals surface area contributed by atoms with E-state index in [4.69, 9.17) is 5.11 Å². The smallest absolute Gasteiger partial charge is 0.335 e. The molecule has 0 fully saturated rings. The lowest BCUT2D eigenvalue weighted by atomic mass is 10.0. The average molecular weight is 470 g/mol. The maximum atomic E-state index is 13.9. The lowest BCUT2D eigenvalue weighted by Gasteiger charge is -2.27. The van der Waals surface area contributed by atoms with Crippen LogP contribution in [0, 0.1) is 12.7 Å². The largest absolute Gasteiger partial charge is 0.478 e. The van der Waals surface area contributed by atoms with E-state index in [9.17, 15) is 17.6 Å². The zero-order valence-electron chi connectivity index (χ0n) is 18.8. The van der Waals surface area contributed by atoms with Crippen LogP contribution in [0.3, 0.4) is 0 Å². The van der Waals surface area contributed by atoms with Gasteiger partial charge in [-0.15, -0.1) is 0 Å². The van der Waals surface area contributed by atoms with E-state index >= 15 is 0 Å². The molecule has 1 N–H and O–H groups in total. The molecule has 0 radical (unpaired) electrons. The highest BCUT2D eigenvalue weighted by Crippen LogP contribution is 2.30. The molecule has 0 saturated heterocycles. The van der Waals surface area contributed by atoms with Crippen LogP contribution in [-0.2, 0) is 22.9 Å². The molecule has 3 aromatic rings. The fraction of sp³-hybridized carbons (Fsp3) is 0.269. The molecule has 7 heteroatoms. The second-order valence-electron chi connectivity index (χ2n) is 7.97. The Kier molecular flexibility index (Phi) is 7.87. The van der Waals surface area contributed by atoms with E-state index in [1.165, 1.54) is 16.4 Å². The molecule has 5 nitrogen and oxygen atoms in total. The first-order valence-electron chi connectivity index (χ1n) is 10.9. The number of halogens is 1. The summed E-state index contributed by atoms with van der Waals surface area (Å²) in [4.78, 5) is 11.0. The maximum Gasteiger partial charge on any atom is 0.335 e. The minimum atomic E-state index is -3.97. The van der Waals surface area contributed by atoms with Crippen molar-refractivity contribution in [1.29, 1.82) is 0 Å². The molecule has 3 rings (SSSR count). The lowest BCUT2D eigenvalue weighted by Crippen LogP contribution is -2.33. The van der Waals surface area contributed by atoms with E-state index in [0.717, 1.165) is 23.6 Å². The normalized spacial score (nSPS) is 11.4. The summed E-state index contributed by atoms with van der Waals surface area (Å²) in [6.45, 7) is 3.95. The molecule has 0 bridgehead atoms. The summed E-state index contributed by atoms with van der Waals surface area (Å²) in [5.74, 6) is -1.57. The molecular weight excluding hydrogens is 441 g/mol. The number of aromatic carboxylic acids is 1. The number of benzene rings is 3. The summed E-state index contributed by atoms with van der Waals surface area (Å²) in [7, 11) is -3.97. The first-order chi connectivity index (χ1) is 15.7. The van der Waals surface area contributed by atoms with Crippen LogP contribution in [0.5, 0.6) is 0 Å². The Labute approximate surface area is 194 Å². The molecule has 0 aliphatic carbocycles. The van der Waals surface area contributed by atoms with Crippen LogP contribution >= 0.6 is 0 Å². The number of carboxylic acid groups (broad SMARTS) is 1. The van der Waals surface area contributed by atoms with Gasteiger partial charge in [0, 0.05) is 6.54 Å². The number of unbranched alkanes of at least 4 members (excludes halogenated alkanes) is 1.